The van der Waals surface area contributed by atoms with Gasteiger partial charge in [0.2, 0.25) is 5.95 Å². The molecule has 7 nitrogen and oxygen atoms in total. The molecule has 0 spiro atoms. The summed E-state index contributed by atoms with van der Waals surface area (Å²) in [7, 11) is 3.99. The molecule has 9 heteroatoms. The predicted octanol–water partition coefficient (Wildman–Crippen LogP) is 6.06. The van der Waals surface area contributed by atoms with E-state index in [0.717, 1.165) is 54.9 Å². The molecule has 0 amide bonds. The van der Waals surface area contributed by atoms with E-state index in [1.165, 1.54) is 0 Å². The van der Waals surface area contributed by atoms with Crippen LogP contribution in [-0.2, 0) is 7.05 Å². The number of aromatic amines is 1. The number of likely N-dealkylation sites (N-methyl/N-ethyl adjacent to an activating group) is 2. The van der Waals surface area contributed by atoms with Gasteiger partial charge in [0.05, 0.1) is 32.2 Å². The van der Waals surface area contributed by atoms with Gasteiger partial charge in [-0.1, -0.05) is 55.3 Å². The second kappa shape index (κ2) is 11.7. The summed E-state index contributed by atoms with van der Waals surface area (Å²) >= 11 is 12.7. The number of fused-ring (bicyclic) bond motifs is 3. The third-order valence-electron chi connectivity index (χ3n) is 6.91. The molecule has 0 bridgehead atoms. The lowest BCUT2D eigenvalue weighted by Gasteiger charge is -2.22. The highest BCUT2D eigenvalue weighted by atomic mass is 35.5. The Morgan fingerprint density at radius 2 is 1.81 bits per heavy atom. The minimum Gasteiger partial charge on any atom is -0.323 e. The van der Waals surface area contributed by atoms with Gasteiger partial charge in [-0.3, -0.25) is 4.79 Å². The highest BCUT2D eigenvalue weighted by Gasteiger charge is 2.17. The fourth-order valence-corrected chi connectivity index (χ4v) is 5.06. The number of hydrogen-bond acceptors (Lipinski definition) is 5. The zero-order valence-corrected chi connectivity index (χ0v) is 23.5. The molecule has 0 unspecified atom stereocenters. The number of imidazole rings is 1. The van der Waals surface area contributed by atoms with Crippen molar-refractivity contribution in [3.63, 3.8) is 0 Å². The van der Waals surface area contributed by atoms with E-state index in [1.54, 1.807) is 18.2 Å². The van der Waals surface area contributed by atoms with Crippen molar-refractivity contribution in [2.24, 2.45) is 7.05 Å². The number of aryl methyl sites for hydroxylation is 2. The Morgan fingerprint density at radius 1 is 1.11 bits per heavy atom. The number of pyridine rings is 1. The minimum atomic E-state index is -0.147. The van der Waals surface area contributed by atoms with Crippen LogP contribution in [0.15, 0.2) is 41.2 Å². The number of anilines is 2. The van der Waals surface area contributed by atoms with Crippen molar-refractivity contribution >= 4 is 62.7 Å². The van der Waals surface area contributed by atoms with Gasteiger partial charge in [-0.05, 0) is 62.3 Å². The second-order valence-corrected chi connectivity index (χ2v) is 10.1. The largest absolute Gasteiger partial charge is 0.323 e. The average molecular weight is 542 g/mol. The van der Waals surface area contributed by atoms with Crippen LogP contribution in [-0.4, -0.2) is 64.1 Å². The van der Waals surface area contributed by atoms with Crippen LogP contribution in [0.1, 0.15) is 25.1 Å². The van der Waals surface area contributed by atoms with Crippen molar-refractivity contribution in [3.8, 4) is 0 Å². The maximum absolute atomic E-state index is 13.3. The molecule has 37 heavy (non-hydrogen) atoms. The van der Waals surface area contributed by atoms with Gasteiger partial charge in [-0.25, -0.2) is 4.98 Å². The van der Waals surface area contributed by atoms with E-state index in [2.05, 4.69) is 47.1 Å². The summed E-state index contributed by atoms with van der Waals surface area (Å²) in [5.41, 5.74) is 3.72. The van der Waals surface area contributed by atoms with Gasteiger partial charge in [0.1, 0.15) is 0 Å². The summed E-state index contributed by atoms with van der Waals surface area (Å²) in [5, 5.41) is 5.72. The van der Waals surface area contributed by atoms with Gasteiger partial charge in [0.25, 0.3) is 5.56 Å². The van der Waals surface area contributed by atoms with Crippen molar-refractivity contribution in [3.05, 3.63) is 68.1 Å². The molecular formula is C28H34Cl2N6O. The number of rotatable bonds is 10. The molecule has 0 atom stereocenters. The normalized spacial score (nSPS) is 12.1. The zero-order valence-electron chi connectivity index (χ0n) is 22.0. The molecule has 0 aliphatic rings. The predicted molar refractivity (Wildman–Crippen MR) is 158 cm³/mol. The SMILES string of the molecule is CCN(CC)CCN(C)C/C=C/c1[nH]c(=O)c2c(ccc3nc(Nc4c(Cl)cccc4Cl)n(C)c32)c1C. The van der Waals surface area contributed by atoms with Gasteiger partial charge in [-0.2, -0.15) is 0 Å². The quantitative estimate of drug-likeness (QED) is 0.256. The number of aromatic nitrogens is 3. The number of hydrogen-bond donors (Lipinski definition) is 2. The summed E-state index contributed by atoms with van der Waals surface area (Å²) < 4.78 is 1.87. The van der Waals surface area contributed by atoms with Crippen LogP contribution in [0.3, 0.4) is 0 Å². The first-order chi connectivity index (χ1) is 17.7. The highest BCUT2D eigenvalue weighted by molar-refractivity contribution is 6.39. The Labute approximate surface area is 227 Å². The van der Waals surface area contributed by atoms with Crippen molar-refractivity contribution < 1.29 is 0 Å². The van der Waals surface area contributed by atoms with Gasteiger partial charge in [0.15, 0.2) is 0 Å². The summed E-state index contributed by atoms with van der Waals surface area (Å²) in [4.78, 5) is 25.8. The van der Waals surface area contributed by atoms with Crippen LogP contribution in [0, 0.1) is 6.92 Å². The minimum absolute atomic E-state index is 0.147. The highest BCUT2D eigenvalue weighted by Crippen LogP contribution is 2.34. The summed E-state index contributed by atoms with van der Waals surface area (Å²) in [5.74, 6) is 0.547. The fourth-order valence-electron chi connectivity index (χ4n) is 4.57. The van der Waals surface area contributed by atoms with Crippen molar-refractivity contribution in [2.75, 3.05) is 45.1 Å². The zero-order chi connectivity index (χ0) is 26.7. The standard InChI is InChI=1S/C28H34Cl2N6O/c1-6-36(7-2)17-16-34(4)15-9-12-22-18(3)19-13-14-23-26(24(19)27(37)31-22)35(5)28(32-23)33-25-20(29)10-8-11-21(25)30/h8-14H,6-7,15-17H2,1-5H3,(H,31,37)(H,32,33)/b12-9+. The van der Waals surface area contributed by atoms with E-state index < -0.39 is 0 Å². The van der Waals surface area contributed by atoms with Crippen LogP contribution in [0.4, 0.5) is 11.6 Å². The van der Waals surface area contributed by atoms with Crippen LogP contribution in [0.5, 0.6) is 0 Å². The number of H-pyrrole nitrogens is 1. The van der Waals surface area contributed by atoms with Gasteiger partial charge in [0, 0.05) is 32.4 Å². The molecule has 2 aromatic heterocycles. The Balaban J connectivity index is 1.64. The van der Waals surface area contributed by atoms with Crippen molar-refractivity contribution in [1.82, 2.24) is 24.3 Å². The molecule has 0 aliphatic carbocycles. The topological polar surface area (TPSA) is 69.2 Å². The van der Waals surface area contributed by atoms with Crippen LogP contribution in [0.25, 0.3) is 27.9 Å². The summed E-state index contributed by atoms with van der Waals surface area (Å²) in [6.45, 7) is 11.4. The Kier molecular flexibility index (Phi) is 8.60. The van der Waals surface area contributed by atoms with Crippen molar-refractivity contribution in [2.45, 2.75) is 20.8 Å². The van der Waals surface area contributed by atoms with E-state index in [9.17, 15) is 4.79 Å². The molecule has 4 aromatic rings. The lowest BCUT2D eigenvalue weighted by Crippen LogP contribution is -2.33. The first-order valence-electron chi connectivity index (χ1n) is 12.6. The summed E-state index contributed by atoms with van der Waals surface area (Å²) in [6.07, 6.45) is 4.11. The van der Waals surface area contributed by atoms with Gasteiger partial charge in [-0.15, -0.1) is 0 Å². The van der Waals surface area contributed by atoms with Crippen molar-refractivity contribution in [1.29, 1.82) is 0 Å². The van der Waals surface area contributed by atoms with Crippen LogP contribution in [0.2, 0.25) is 10.0 Å². The molecular weight excluding hydrogens is 507 g/mol. The monoisotopic (exact) mass is 540 g/mol. The number of nitrogens with zero attached hydrogens (tertiary/aromatic N) is 4. The van der Waals surface area contributed by atoms with E-state index in [1.807, 2.05) is 36.7 Å². The molecule has 0 saturated heterocycles. The summed E-state index contributed by atoms with van der Waals surface area (Å²) in [6, 6.07) is 9.23. The average Bonchev–Trinajstić information content (AvgIpc) is 3.20. The van der Waals surface area contributed by atoms with E-state index >= 15 is 0 Å². The van der Waals surface area contributed by atoms with Crippen LogP contribution < -0.4 is 10.9 Å². The van der Waals surface area contributed by atoms with E-state index in [0.29, 0.717) is 32.6 Å². The van der Waals surface area contributed by atoms with E-state index in [4.69, 9.17) is 28.2 Å². The molecule has 196 valence electrons. The molecule has 0 aliphatic heterocycles. The maximum atomic E-state index is 13.3. The molecule has 2 aromatic carbocycles. The molecule has 0 fully saturated rings. The maximum Gasteiger partial charge on any atom is 0.258 e. The van der Waals surface area contributed by atoms with E-state index in [-0.39, 0.29) is 5.56 Å². The Hall–Kier alpha value is -2.84. The fraction of sp³-hybridized carbons (Fsp3) is 0.357. The lowest BCUT2D eigenvalue weighted by molar-refractivity contribution is 0.252. The molecule has 2 heterocycles. The second-order valence-electron chi connectivity index (χ2n) is 9.26. The van der Waals surface area contributed by atoms with Gasteiger partial charge < -0.3 is 24.7 Å². The Morgan fingerprint density at radius 3 is 2.49 bits per heavy atom. The molecule has 4 rings (SSSR count). The number of nitrogens with one attached hydrogen (secondary N) is 2. The molecule has 0 radical (unpaired) electrons. The smallest absolute Gasteiger partial charge is 0.258 e. The van der Waals surface area contributed by atoms with Gasteiger partial charge >= 0.3 is 0 Å². The first-order valence-corrected chi connectivity index (χ1v) is 13.3. The number of halogens is 2. The first kappa shape index (κ1) is 27.2. The van der Waals surface area contributed by atoms with Crippen LogP contribution >= 0.6 is 23.2 Å². The number of para-hydroxylation sites is 1. The molecule has 0 saturated carbocycles. The molecule has 2 N–H and O–H groups in total. The Bertz CT molecular complexity index is 1480. The third kappa shape index (κ3) is 5.70. The lowest BCUT2D eigenvalue weighted by atomic mass is 10.0. The third-order valence-corrected chi connectivity index (χ3v) is 7.54. The number of benzene rings is 2.